The maximum absolute atomic E-state index is 11.5. The molecule has 138 valence electrons. The van der Waals surface area contributed by atoms with Crippen LogP contribution in [0.1, 0.15) is 11.3 Å². The first kappa shape index (κ1) is 17.3. The van der Waals surface area contributed by atoms with Gasteiger partial charge in [0, 0.05) is 61.9 Å². The van der Waals surface area contributed by atoms with Crippen molar-refractivity contribution in [3.63, 3.8) is 0 Å². The van der Waals surface area contributed by atoms with Crippen molar-refractivity contribution in [1.29, 1.82) is 0 Å². The quantitative estimate of drug-likeness (QED) is 0.711. The summed E-state index contributed by atoms with van der Waals surface area (Å²) < 4.78 is 27.6. The van der Waals surface area contributed by atoms with Gasteiger partial charge in [0.15, 0.2) is 0 Å². The zero-order valence-corrected chi connectivity index (χ0v) is 15.5. The van der Waals surface area contributed by atoms with Crippen LogP contribution in [-0.2, 0) is 29.7 Å². The van der Waals surface area contributed by atoms with Crippen LogP contribution in [-0.4, -0.2) is 47.4 Å². The summed E-state index contributed by atoms with van der Waals surface area (Å²) >= 11 is 0. The number of aromatic amines is 1. The Morgan fingerprint density at radius 1 is 1.27 bits per heavy atom. The van der Waals surface area contributed by atoms with Crippen molar-refractivity contribution < 1.29 is 8.42 Å². The molecule has 0 spiro atoms. The van der Waals surface area contributed by atoms with Gasteiger partial charge in [0.05, 0.1) is 11.9 Å². The summed E-state index contributed by atoms with van der Waals surface area (Å²) in [7, 11) is -3.20. The summed E-state index contributed by atoms with van der Waals surface area (Å²) in [5, 5.41) is 5.63. The van der Waals surface area contributed by atoms with Crippen molar-refractivity contribution in [3.8, 4) is 0 Å². The van der Waals surface area contributed by atoms with Crippen LogP contribution >= 0.6 is 0 Å². The first-order valence-corrected chi connectivity index (χ1v) is 10.6. The average Bonchev–Trinajstić information content (AvgIpc) is 3.19. The SMILES string of the molecule is CS(=O)(=O)NC[C@H]1CN(Cc2cccc3[nH]ccc23)Cc2ccnn2C1. The highest BCUT2D eigenvalue weighted by Crippen LogP contribution is 2.22. The molecule has 0 bridgehead atoms. The van der Waals surface area contributed by atoms with Gasteiger partial charge in [0.2, 0.25) is 10.0 Å². The summed E-state index contributed by atoms with van der Waals surface area (Å²) in [6.07, 6.45) is 4.98. The van der Waals surface area contributed by atoms with Gasteiger partial charge in [0.25, 0.3) is 0 Å². The van der Waals surface area contributed by atoms with Gasteiger partial charge in [-0.1, -0.05) is 12.1 Å². The van der Waals surface area contributed by atoms with Crippen molar-refractivity contribution in [2.45, 2.75) is 19.6 Å². The second-order valence-electron chi connectivity index (χ2n) is 7.02. The fourth-order valence-corrected chi connectivity index (χ4v) is 4.21. The molecule has 26 heavy (non-hydrogen) atoms. The Labute approximate surface area is 153 Å². The van der Waals surface area contributed by atoms with Crippen LogP contribution in [0, 0.1) is 5.92 Å². The summed E-state index contributed by atoms with van der Waals surface area (Å²) in [4.78, 5) is 5.63. The monoisotopic (exact) mass is 373 g/mol. The molecule has 3 aromatic rings. The van der Waals surface area contributed by atoms with E-state index in [0.717, 1.165) is 37.4 Å². The van der Waals surface area contributed by atoms with E-state index in [9.17, 15) is 8.42 Å². The van der Waals surface area contributed by atoms with Gasteiger partial charge < -0.3 is 4.98 Å². The summed E-state index contributed by atoms with van der Waals surface area (Å²) in [6, 6.07) is 10.4. The number of rotatable bonds is 5. The Kier molecular flexibility index (Phi) is 4.56. The van der Waals surface area contributed by atoms with E-state index in [-0.39, 0.29) is 5.92 Å². The third kappa shape index (κ3) is 3.82. The lowest BCUT2D eigenvalue weighted by Crippen LogP contribution is -2.36. The van der Waals surface area contributed by atoms with Gasteiger partial charge >= 0.3 is 0 Å². The van der Waals surface area contributed by atoms with E-state index in [4.69, 9.17) is 0 Å². The van der Waals surface area contributed by atoms with Crippen LogP contribution in [0.3, 0.4) is 0 Å². The second-order valence-corrected chi connectivity index (χ2v) is 8.85. The van der Waals surface area contributed by atoms with E-state index >= 15 is 0 Å². The first-order valence-electron chi connectivity index (χ1n) is 8.70. The maximum atomic E-state index is 11.5. The molecule has 0 unspecified atom stereocenters. The van der Waals surface area contributed by atoms with Crippen LogP contribution in [0.25, 0.3) is 10.9 Å². The number of H-pyrrole nitrogens is 1. The van der Waals surface area contributed by atoms with Gasteiger partial charge in [0.1, 0.15) is 0 Å². The summed E-state index contributed by atoms with van der Waals surface area (Å²) in [5.41, 5.74) is 3.57. The molecular weight excluding hydrogens is 350 g/mol. The van der Waals surface area contributed by atoms with Gasteiger partial charge in [-0.25, -0.2) is 13.1 Å². The van der Waals surface area contributed by atoms with Crippen molar-refractivity contribution >= 4 is 20.9 Å². The van der Waals surface area contributed by atoms with Crippen LogP contribution in [0.2, 0.25) is 0 Å². The minimum atomic E-state index is -3.20. The zero-order valence-electron chi connectivity index (χ0n) is 14.7. The van der Waals surface area contributed by atoms with Crippen molar-refractivity contribution in [2.75, 3.05) is 19.3 Å². The van der Waals surface area contributed by atoms with Crippen LogP contribution < -0.4 is 4.72 Å². The van der Waals surface area contributed by atoms with E-state index in [2.05, 4.69) is 44.0 Å². The van der Waals surface area contributed by atoms with E-state index in [1.54, 1.807) is 0 Å². The molecule has 0 fully saturated rings. The molecule has 1 atom stereocenters. The summed E-state index contributed by atoms with van der Waals surface area (Å²) in [5.74, 6) is 0.163. The van der Waals surface area contributed by atoms with E-state index in [1.807, 2.05) is 23.1 Å². The number of aromatic nitrogens is 3. The fraction of sp³-hybridized carbons (Fsp3) is 0.389. The zero-order chi connectivity index (χ0) is 18.1. The highest BCUT2D eigenvalue weighted by molar-refractivity contribution is 7.88. The third-order valence-electron chi connectivity index (χ3n) is 4.85. The maximum Gasteiger partial charge on any atom is 0.208 e. The lowest BCUT2D eigenvalue weighted by atomic mass is 10.1. The molecule has 7 nitrogen and oxygen atoms in total. The molecule has 0 aliphatic carbocycles. The van der Waals surface area contributed by atoms with Crippen molar-refractivity contribution in [2.24, 2.45) is 5.92 Å². The Morgan fingerprint density at radius 2 is 2.15 bits per heavy atom. The van der Waals surface area contributed by atoms with E-state index < -0.39 is 10.0 Å². The van der Waals surface area contributed by atoms with Crippen molar-refractivity contribution in [3.05, 3.63) is 54.0 Å². The van der Waals surface area contributed by atoms with E-state index in [1.165, 1.54) is 17.2 Å². The molecule has 1 aromatic carbocycles. The van der Waals surface area contributed by atoms with Crippen LogP contribution in [0.4, 0.5) is 0 Å². The molecule has 0 saturated carbocycles. The minimum Gasteiger partial charge on any atom is -0.361 e. The molecule has 8 heteroatoms. The Hall–Kier alpha value is -2.16. The second kappa shape index (κ2) is 6.86. The molecular formula is C18H23N5O2S. The Morgan fingerprint density at radius 3 is 3.00 bits per heavy atom. The van der Waals surface area contributed by atoms with Crippen molar-refractivity contribution in [1.82, 2.24) is 24.4 Å². The molecule has 3 heterocycles. The number of nitrogens with one attached hydrogen (secondary N) is 2. The highest BCUT2D eigenvalue weighted by Gasteiger charge is 2.23. The Balaban J connectivity index is 1.57. The highest BCUT2D eigenvalue weighted by atomic mass is 32.2. The molecule has 0 amide bonds. The largest absolute Gasteiger partial charge is 0.361 e. The van der Waals surface area contributed by atoms with Gasteiger partial charge in [-0.3, -0.25) is 9.58 Å². The standard InChI is InChI=1S/C18H23N5O2S/c1-26(24,25)21-9-14-10-22(13-16-5-8-20-23(16)11-14)12-15-3-2-4-18-17(15)6-7-19-18/h2-8,14,19,21H,9-13H2,1H3/t14-/m0/s1. The fourth-order valence-electron chi connectivity index (χ4n) is 3.67. The van der Waals surface area contributed by atoms with Gasteiger partial charge in [-0.2, -0.15) is 5.10 Å². The normalized spacial score (nSPS) is 18.7. The Bertz CT molecular complexity index is 1010. The molecule has 0 radical (unpaired) electrons. The summed E-state index contributed by atoms with van der Waals surface area (Å²) in [6.45, 7) is 3.57. The average molecular weight is 373 g/mol. The number of fused-ring (bicyclic) bond motifs is 2. The predicted molar refractivity (Wildman–Crippen MR) is 101 cm³/mol. The molecule has 1 aliphatic heterocycles. The third-order valence-corrected chi connectivity index (χ3v) is 5.54. The predicted octanol–water partition coefficient (Wildman–Crippen LogP) is 1.55. The van der Waals surface area contributed by atoms with Crippen LogP contribution in [0.5, 0.6) is 0 Å². The van der Waals surface area contributed by atoms with E-state index in [0.29, 0.717) is 6.54 Å². The minimum absolute atomic E-state index is 0.163. The number of hydrogen-bond acceptors (Lipinski definition) is 4. The number of benzene rings is 1. The first-order chi connectivity index (χ1) is 12.5. The molecule has 2 aromatic heterocycles. The smallest absolute Gasteiger partial charge is 0.208 e. The number of nitrogens with zero attached hydrogens (tertiary/aromatic N) is 3. The topological polar surface area (TPSA) is 83.0 Å². The molecule has 4 rings (SSSR count). The van der Waals surface area contributed by atoms with Gasteiger partial charge in [-0.15, -0.1) is 0 Å². The number of sulfonamides is 1. The molecule has 0 saturated heterocycles. The van der Waals surface area contributed by atoms with Crippen LogP contribution in [0.15, 0.2) is 42.7 Å². The lowest BCUT2D eigenvalue weighted by molar-refractivity contribution is 0.222. The van der Waals surface area contributed by atoms with Gasteiger partial charge in [-0.05, 0) is 23.8 Å². The number of hydrogen-bond donors (Lipinski definition) is 2. The lowest BCUT2D eigenvalue weighted by Gasteiger charge is -2.24. The molecule has 2 N–H and O–H groups in total. The molecule has 1 aliphatic rings.